The highest BCUT2D eigenvalue weighted by atomic mass is 32.2. The Morgan fingerprint density at radius 3 is 2.11 bits per heavy atom. The number of thioether (sulfide) groups is 1. The first-order chi connectivity index (χ1) is 13.5. The molecule has 1 aliphatic rings. The predicted molar refractivity (Wildman–Crippen MR) is 119 cm³/mol. The molecule has 0 aliphatic carbocycles. The Labute approximate surface area is 175 Å². The molecule has 1 aliphatic heterocycles. The molecule has 0 spiro atoms. The van der Waals surface area contributed by atoms with Crippen LogP contribution >= 0.6 is 24.0 Å². The first-order valence-electron chi connectivity index (χ1n) is 9.25. The average molecular weight is 414 g/mol. The summed E-state index contributed by atoms with van der Waals surface area (Å²) < 4.78 is 11.9. The van der Waals surface area contributed by atoms with Crippen molar-refractivity contribution in [2.75, 3.05) is 13.2 Å². The van der Waals surface area contributed by atoms with Gasteiger partial charge in [-0.2, -0.15) is 0 Å². The number of thiocarbonyl (C=S) groups is 1. The minimum absolute atomic E-state index is 0.148. The molecule has 1 saturated heterocycles. The van der Waals surface area contributed by atoms with E-state index in [2.05, 4.69) is 31.3 Å². The van der Waals surface area contributed by atoms with Crippen molar-refractivity contribution in [3.05, 3.63) is 64.6 Å². The van der Waals surface area contributed by atoms with Crippen LogP contribution in [-0.2, 0) is 4.79 Å². The summed E-state index contributed by atoms with van der Waals surface area (Å²) in [5.41, 5.74) is 2.25. The molecule has 4 nitrogen and oxygen atoms in total. The van der Waals surface area contributed by atoms with Crippen LogP contribution in [-0.4, -0.2) is 23.4 Å². The Bertz CT molecular complexity index is 860. The molecule has 2 aromatic rings. The number of rotatable bonds is 8. The first-order valence-corrected chi connectivity index (χ1v) is 10.5. The lowest BCUT2D eigenvalue weighted by Crippen LogP contribution is -2.17. The lowest BCUT2D eigenvalue weighted by Gasteiger charge is -2.11. The van der Waals surface area contributed by atoms with Crippen molar-refractivity contribution in [3.8, 4) is 11.5 Å². The van der Waals surface area contributed by atoms with Gasteiger partial charge in [-0.25, -0.2) is 0 Å². The van der Waals surface area contributed by atoms with Crippen LogP contribution in [0, 0.1) is 0 Å². The Morgan fingerprint density at radius 2 is 1.61 bits per heavy atom. The summed E-state index contributed by atoms with van der Waals surface area (Å²) in [7, 11) is 0. The normalized spacial score (nSPS) is 16.1. The van der Waals surface area contributed by atoms with Crippen LogP contribution in [0.4, 0.5) is 0 Å². The second-order valence-electron chi connectivity index (χ2n) is 6.50. The Balaban J connectivity index is 1.45. The molecule has 0 bridgehead atoms. The van der Waals surface area contributed by atoms with Crippen LogP contribution in [0.5, 0.6) is 11.5 Å². The number of hydrogen-bond donors (Lipinski definition) is 1. The van der Waals surface area contributed by atoms with Crippen molar-refractivity contribution in [1.29, 1.82) is 0 Å². The van der Waals surface area contributed by atoms with Crippen molar-refractivity contribution < 1.29 is 14.3 Å². The van der Waals surface area contributed by atoms with Gasteiger partial charge in [0, 0.05) is 0 Å². The van der Waals surface area contributed by atoms with E-state index >= 15 is 0 Å². The molecular formula is C22H23NO3S2. The van der Waals surface area contributed by atoms with Crippen molar-refractivity contribution >= 4 is 40.3 Å². The minimum Gasteiger partial charge on any atom is -0.490 e. The summed E-state index contributed by atoms with van der Waals surface area (Å²) in [6, 6.07) is 15.8. The molecule has 28 heavy (non-hydrogen) atoms. The average Bonchev–Trinajstić information content (AvgIpc) is 3.03. The van der Waals surface area contributed by atoms with Crippen molar-refractivity contribution in [2.24, 2.45) is 0 Å². The summed E-state index contributed by atoms with van der Waals surface area (Å²) in [5.74, 6) is 2.03. The third-order valence-corrected chi connectivity index (χ3v) is 5.66. The van der Waals surface area contributed by atoms with Crippen LogP contribution in [0.25, 0.3) is 6.08 Å². The van der Waals surface area contributed by atoms with E-state index in [-0.39, 0.29) is 5.91 Å². The van der Waals surface area contributed by atoms with Gasteiger partial charge >= 0.3 is 0 Å². The van der Waals surface area contributed by atoms with Crippen molar-refractivity contribution in [2.45, 2.75) is 26.2 Å². The van der Waals surface area contributed by atoms with Gasteiger partial charge in [0.15, 0.2) is 0 Å². The number of carbonyl (C=O) groups excluding carboxylic acids is 1. The number of hydrogen-bond acceptors (Lipinski definition) is 5. The van der Waals surface area contributed by atoms with Crippen LogP contribution in [0.2, 0.25) is 0 Å². The van der Waals surface area contributed by atoms with Crippen LogP contribution < -0.4 is 14.8 Å². The summed E-state index contributed by atoms with van der Waals surface area (Å²) >= 11 is 6.26. The molecule has 0 radical (unpaired) electrons. The zero-order chi connectivity index (χ0) is 19.9. The fourth-order valence-corrected chi connectivity index (χ4v) is 3.72. The van der Waals surface area contributed by atoms with E-state index in [4.69, 9.17) is 21.7 Å². The van der Waals surface area contributed by atoms with Crippen molar-refractivity contribution in [3.63, 3.8) is 0 Å². The van der Waals surface area contributed by atoms with Crippen molar-refractivity contribution in [1.82, 2.24) is 5.32 Å². The third kappa shape index (κ3) is 5.59. The molecule has 146 valence electrons. The van der Waals surface area contributed by atoms with Crippen LogP contribution in [0.1, 0.15) is 37.3 Å². The van der Waals surface area contributed by atoms with Gasteiger partial charge in [-0.15, -0.1) is 0 Å². The molecule has 1 N–H and O–H groups in total. The Kier molecular flexibility index (Phi) is 7.12. The summed E-state index contributed by atoms with van der Waals surface area (Å²) in [4.78, 5) is 12.3. The number of ether oxygens (including phenoxy) is 2. The SMILES string of the molecule is CC[C@@H](C)c1ccc(OCCOc2ccc(/C=C3/SC(=S)NC3=O)cc2)cc1. The standard InChI is InChI=1S/C22H23NO3S2/c1-3-15(2)17-6-10-19(11-7-17)26-13-12-25-18-8-4-16(5-9-18)14-20-21(24)23-22(27)28-20/h4-11,14-15H,3,12-13H2,1-2H3,(H,23,24,27)/b20-14+/t15-/m1/s1. The highest BCUT2D eigenvalue weighted by Crippen LogP contribution is 2.26. The minimum atomic E-state index is -0.148. The molecule has 1 fully saturated rings. The second kappa shape index (κ2) is 9.75. The first kappa shape index (κ1) is 20.4. The van der Waals surface area contributed by atoms with E-state index in [0.717, 1.165) is 23.5 Å². The van der Waals surface area contributed by atoms with E-state index in [1.165, 1.54) is 17.3 Å². The molecule has 1 atom stereocenters. The monoisotopic (exact) mass is 413 g/mol. The number of amides is 1. The number of carbonyl (C=O) groups is 1. The number of nitrogens with one attached hydrogen (secondary N) is 1. The van der Waals surface area contributed by atoms with Gasteiger partial charge in [0.1, 0.15) is 29.0 Å². The Hall–Kier alpha value is -2.31. The van der Waals surface area contributed by atoms with E-state index in [1.807, 2.05) is 42.5 Å². The molecule has 2 aromatic carbocycles. The van der Waals surface area contributed by atoms with Gasteiger partial charge in [-0.05, 0) is 53.8 Å². The maximum absolute atomic E-state index is 11.7. The molecule has 1 heterocycles. The van der Waals surface area contributed by atoms with Crippen LogP contribution in [0.3, 0.4) is 0 Å². The second-order valence-corrected chi connectivity index (χ2v) is 8.22. The van der Waals surface area contributed by atoms with Crippen LogP contribution in [0.15, 0.2) is 53.4 Å². The number of benzene rings is 2. The quantitative estimate of drug-likeness (QED) is 0.369. The highest BCUT2D eigenvalue weighted by Gasteiger charge is 2.21. The topological polar surface area (TPSA) is 47.6 Å². The van der Waals surface area contributed by atoms with E-state index < -0.39 is 0 Å². The zero-order valence-electron chi connectivity index (χ0n) is 15.9. The van der Waals surface area contributed by atoms with E-state index in [9.17, 15) is 4.79 Å². The zero-order valence-corrected chi connectivity index (χ0v) is 17.6. The van der Waals surface area contributed by atoms with Gasteiger partial charge in [0.05, 0.1) is 4.91 Å². The summed E-state index contributed by atoms with van der Waals surface area (Å²) in [6.45, 7) is 5.35. The Morgan fingerprint density at radius 1 is 1.04 bits per heavy atom. The maximum Gasteiger partial charge on any atom is 0.263 e. The third-order valence-electron chi connectivity index (χ3n) is 4.50. The lowest BCUT2D eigenvalue weighted by atomic mass is 9.99. The van der Waals surface area contributed by atoms with Gasteiger partial charge in [0.2, 0.25) is 0 Å². The fourth-order valence-electron chi connectivity index (χ4n) is 2.68. The van der Waals surface area contributed by atoms with Gasteiger partial charge in [-0.3, -0.25) is 4.79 Å². The molecule has 1 amide bonds. The fraction of sp³-hybridized carbons (Fsp3) is 0.273. The summed E-state index contributed by atoms with van der Waals surface area (Å²) in [6.07, 6.45) is 2.94. The molecule has 0 unspecified atom stereocenters. The molecule has 0 aromatic heterocycles. The molecule has 0 saturated carbocycles. The summed E-state index contributed by atoms with van der Waals surface area (Å²) in [5, 5.41) is 2.61. The molecular weight excluding hydrogens is 390 g/mol. The highest BCUT2D eigenvalue weighted by molar-refractivity contribution is 8.26. The van der Waals surface area contributed by atoms with Gasteiger partial charge in [0.25, 0.3) is 5.91 Å². The molecule has 3 rings (SSSR count). The van der Waals surface area contributed by atoms with Gasteiger partial charge < -0.3 is 14.8 Å². The largest absolute Gasteiger partial charge is 0.490 e. The predicted octanol–water partition coefficient (Wildman–Crippen LogP) is 5.15. The van der Waals surface area contributed by atoms with E-state index in [0.29, 0.717) is 28.4 Å². The van der Waals surface area contributed by atoms with E-state index in [1.54, 1.807) is 0 Å². The van der Waals surface area contributed by atoms with Gasteiger partial charge in [-0.1, -0.05) is 62.1 Å². The molecule has 6 heteroatoms. The maximum atomic E-state index is 11.7. The smallest absolute Gasteiger partial charge is 0.263 e. The lowest BCUT2D eigenvalue weighted by molar-refractivity contribution is -0.115.